The fourth-order valence-corrected chi connectivity index (χ4v) is 2.01. The minimum atomic E-state index is -0.447. The van der Waals surface area contributed by atoms with Crippen LogP contribution in [0.4, 0.5) is 0 Å². The average Bonchev–Trinajstić information content (AvgIpc) is 3.07. The van der Waals surface area contributed by atoms with Crippen LogP contribution in [-0.4, -0.2) is 29.8 Å². The molecule has 0 fully saturated rings. The van der Waals surface area contributed by atoms with Crippen molar-refractivity contribution in [2.45, 2.75) is 6.17 Å². The monoisotopic (exact) mass is 256 g/mol. The summed E-state index contributed by atoms with van der Waals surface area (Å²) in [6.07, 6.45) is 6.40. The number of aromatic hydroxyl groups is 2. The molecule has 3 rings (SSSR count). The Morgan fingerprint density at radius 2 is 1.58 bits per heavy atom. The molecule has 3 aromatic rings. The van der Waals surface area contributed by atoms with E-state index >= 15 is 0 Å². The molecule has 0 aliphatic carbocycles. The number of phenolic OH excluding ortho intramolecular Hbond substituents is 2. The second-order valence-corrected chi connectivity index (χ2v) is 4.09. The molecule has 0 unspecified atom stereocenters. The van der Waals surface area contributed by atoms with Gasteiger partial charge in [0.05, 0.1) is 0 Å². The van der Waals surface area contributed by atoms with Gasteiger partial charge >= 0.3 is 0 Å². The quantitative estimate of drug-likeness (QED) is 0.698. The Hall–Kier alpha value is -2.76. The molecule has 6 nitrogen and oxygen atoms in total. The van der Waals surface area contributed by atoms with Gasteiger partial charge in [-0.2, -0.15) is 10.2 Å². The molecular weight excluding hydrogens is 244 g/mol. The van der Waals surface area contributed by atoms with Gasteiger partial charge in [-0.1, -0.05) is 0 Å². The van der Waals surface area contributed by atoms with Gasteiger partial charge in [-0.15, -0.1) is 0 Å². The Balaban J connectivity index is 2.17. The lowest BCUT2D eigenvalue weighted by molar-refractivity contribution is 0.387. The highest BCUT2D eigenvalue weighted by molar-refractivity contribution is 5.40. The molecule has 1 aromatic carbocycles. The number of phenols is 2. The summed E-state index contributed by atoms with van der Waals surface area (Å²) in [5, 5.41) is 28.0. The molecule has 2 heterocycles. The van der Waals surface area contributed by atoms with Crippen LogP contribution in [0.5, 0.6) is 11.5 Å². The fraction of sp³-hybridized carbons (Fsp3) is 0.0769. The van der Waals surface area contributed by atoms with Crippen LogP contribution in [0.2, 0.25) is 0 Å². The molecule has 0 saturated heterocycles. The highest BCUT2D eigenvalue weighted by atomic mass is 16.3. The molecule has 6 heteroatoms. The largest absolute Gasteiger partial charge is 0.508 e. The first-order valence-corrected chi connectivity index (χ1v) is 5.76. The van der Waals surface area contributed by atoms with E-state index < -0.39 is 6.17 Å². The van der Waals surface area contributed by atoms with Gasteiger partial charge in [0.2, 0.25) is 0 Å². The van der Waals surface area contributed by atoms with E-state index in [1.54, 1.807) is 46.3 Å². The van der Waals surface area contributed by atoms with Crippen molar-refractivity contribution in [1.82, 2.24) is 19.6 Å². The number of hydrogen-bond acceptors (Lipinski definition) is 4. The van der Waals surface area contributed by atoms with Gasteiger partial charge in [-0.25, -0.2) is 9.36 Å². The third kappa shape index (κ3) is 2.03. The highest BCUT2D eigenvalue weighted by Crippen LogP contribution is 2.30. The van der Waals surface area contributed by atoms with Crippen LogP contribution in [0, 0.1) is 0 Å². The summed E-state index contributed by atoms with van der Waals surface area (Å²) < 4.78 is 3.31. The minimum Gasteiger partial charge on any atom is -0.508 e. The van der Waals surface area contributed by atoms with Gasteiger partial charge < -0.3 is 10.2 Å². The lowest BCUT2D eigenvalue weighted by Crippen LogP contribution is -2.20. The maximum Gasteiger partial charge on any atom is 0.172 e. The molecule has 0 saturated carbocycles. The maximum atomic E-state index is 10.0. The Kier molecular flexibility index (Phi) is 2.68. The van der Waals surface area contributed by atoms with E-state index in [9.17, 15) is 10.2 Å². The first-order chi connectivity index (χ1) is 9.25. The summed E-state index contributed by atoms with van der Waals surface area (Å²) in [5.74, 6) is 0.158. The molecule has 0 aliphatic rings. The second kappa shape index (κ2) is 4.49. The van der Waals surface area contributed by atoms with E-state index in [2.05, 4.69) is 10.2 Å². The van der Waals surface area contributed by atoms with Crippen LogP contribution in [0.25, 0.3) is 0 Å². The summed E-state index contributed by atoms with van der Waals surface area (Å²) in [7, 11) is 0. The Bertz CT molecular complexity index is 628. The van der Waals surface area contributed by atoms with Gasteiger partial charge in [-0.3, -0.25) is 0 Å². The molecule has 0 radical (unpaired) electrons. The van der Waals surface area contributed by atoms with Crippen molar-refractivity contribution in [2.24, 2.45) is 0 Å². The van der Waals surface area contributed by atoms with Crippen LogP contribution in [0.3, 0.4) is 0 Å². The van der Waals surface area contributed by atoms with Gasteiger partial charge in [0.1, 0.15) is 11.5 Å². The number of rotatable bonds is 3. The molecule has 0 spiro atoms. The molecule has 96 valence electrons. The third-order valence-corrected chi connectivity index (χ3v) is 2.84. The van der Waals surface area contributed by atoms with Gasteiger partial charge in [0.15, 0.2) is 6.17 Å². The smallest absolute Gasteiger partial charge is 0.172 e. The fourth-order valence-electron chi connectivity index (χ4n) is 2.01. The van der Waals surface area contributed by atoms with Crippen LogP contribution in [0.15, 0.2) is 55.1 Å². The van der Waals surface area contributed by atoms with Crippen molar-refractivity contribution in [3.8, 4) is 11.5 Å². The van der Waals surface area contributed by atoms with Crippen LogP contribution in [-0.2, 0) is 0 Å². The van der Waals surface area contributed by atoms with E-state index in [0.717, 1.165) is 0 Å². The Labute approximate surface area is 109 Å². The van der Waals surface area contributed by atoms with Crippen molar-refractivity contribution in [2.75, 3.05) is 0 Å². The summed E-state index contributed by atoms with van der Waals surface area (Å²) in [5.41, 5.74) is 0.521. The number of hydrogen-bond donors (Lipinski definition) is 2. The molecule has 19 heavy (non-hydrogen) atoms. The minimum absolute atomic E-state index is 0.0776. The van der Waals surface area contributed by atoms with Crippen LogP contribution in [0.1, 0.15) is 11.7 Å². The molecule has 0 bridgehead atoms. The molecule has 0 amide bonds. The van der Waals surface area contributed by atoms with Crippen molar-refractivity contribution in [1.29, 1.82) is 0 Å². The number of benzene rings is 1. The number of aromatic nitrogens is 4. The summed E-state index contributed by atoms with van der Waals surface area (Å²) in [6, 6.07) is 7.96. The third-order valence-electron chi connectivity index (χ3n) is 2.84. The molecular formula is C13H12N4O2. The average molecular weight is 256 g/mol. The van der Waals surface area contributed by atoms with Gasteiger partial charge in [0, 0.05) is 30.4 Å². The predicted octanol–water partition coefficient (Wildman–Crippen LogP) is 1.59. The zero-order chi connectivity index (χ0) is 13.2. The Morgan fingerprint density at radius 1 is 0.947 bits per heavy atom. The lowest BCUT2D eigenvalue weighted by atomic mass is 10.1. The van der Waals surface area contributed by atoms with Crippen molar-refractivity contribution < 1.29 is 10.2 Å². The summed E-state index contributed by atoms with van der Waals surface area (Å²) in [6.45, 7) is 0. The van der Waals surface area contributed by atoms with E-state index in [0.29, 0.717) is 5.56 Å². The summed E-state index contributed by atoms with van der Waals surface area (Å²) in [4.78, 5) is 0. The van der Waals surface area contributed by atoms with Crippen LogP contribution >= 0.6 is 0 Å². The molecule has 2 N–H and O–H groups in total. The van der Waals surface area contributed by atoms with Crippen LogP contribution < -0.4 is 0 Å². The predicted molar refractivity (Wildman–Crippen MR) is 67.8 cm³/mol. The topological polar surface area (TPSA) is 76.1 Å². The Morgan fingerprint density at radius 3 is 2.11 bits per heavy atom. The molecule has 2 aromatic heterocycles. The SMILES string of the molecule is Oc1ccc(O)c(C(n2cccn2)n2cccn2)c1. The van der Waals surface area contributed by atoms with E-state index in [4.69, 9.17) is 0 Å². The van der Waals surface area contributed by atoms with Crippen molar-refractivity contribution in [3.63, 3.8) is 0 Å². The van der Waals surface area contributed by atoms with E-state index in [-0.39, 0.29) is 11.5 Å². The zero-order valence-electron chi connectivity index (χ0n) is 9.96. The van der Waals surface area contributed by atoms with Crippen molar-refractivity contribution >= 4 is 0 Å². The lowest BCUT2D eigenvalue weighted by Gasteiger charge is -2.19. The van der Waals surface area contributed by atoms with Gasteiger partial charge in [0.25, 0.3) is 0 Å². The van der Waals surface area contributed by atoms with E-state index in [1.807, 2.05) is 0 Å². The maximum absolute atomic E-state index is 10.0. The highest BCUT2D eigenvalue weighted by Gasteiger charge is 2.20. The second-order valence-electron chi connectivity index (χ2n) is 4.09. The molecule has 0 atom stereocenters. The van der Waals surface area contributed by atoms with E-state index in [1.165, 1.54) is 18.2 Å². The van der Waals surface area contributed by atoms with Crippen molar-refractivity contribution in [3.05, 3.63) is 60.7 Å². The first-order valence-electron chi connectivity index (χ1n) is 5.76. The standard InChI is InChI=1S/C13H12N4O2/c18-10-3-4-12(19)11(9-10)13(16-7-1-5-14-16)17-8-2-6-15-17/h1-9,13,18-19H. The number of nitrogens with zero attached hydrogens (tertiary/aromatic N) is 4. The molecule has 0 aliphatic heterocycles. The normalized spacial score (nSPS) is 11.0. The zero-order valence-corrected chi connectivity index (χ0v) is 9.96. The summed E-state index contributed by atoms with van der Waals surface area (Å²) >= 11 is 0. The van der Waals surface area contributed by atoms with Gasteiger partial charge in [-0.05, 0) is 30.3 Å². The first kappa shape index (κ1) is 11.3.